The predicted molar refractivity (Wildman–Crippen MR) is 81.7 cm³/mol. The second-order valence-corrected chi connectivity index (χ2v) is 5.14. The number of nitrogens with zero attached hydrogens (tertiary/aromatic N) is 4. The van der Waals surface area contributed by atoms with Crippen LogP contribution >= 0.6 is 11.3 Å². The maximum Gasteiger partial charge on any atom is 0.324 e. The molecule has 7 nitrogen and oxygen atoms in total. The van der Waals surface area contributed by atoms with Crippen molar-refractivity contribution in [3.8, 4) is 0 Å². The lowest BCUT2D eigenvalue weighted by molar-refractivity contribution is -0.380. The Morgan fingerprint density at radius 2 is 2.05 bits per heavy atom. The summed E-state index contributed by atoms with van der Waals surface area (Å²) in [7, 11) is 0. The van der Waals surface area contributed by atoms with Crippen LogP contribution in [0.2, 0.25) is 0 Å². The van der Waals surface area contributed by atoms with E-state index in [1.54, 1.807) is 12.3 Å². The van der Waals surface area contributed by atoms with Crippen molar-refractivity contribution in [1.82, 2.24) is 9.97 Å². The van der Waals surface area contributed by atoms with Crippen molar-refractivity contribution in [3.05, 3.63) is 57.6 Å². The topological polar surface area (TPSA) is 93.3 Å². The molecule has 21 heavy (non-hydrogen) atoms. The molecule has 8 heteroatoms. The van der Waals surface area contributed by atoms with Crippen molar-refractivity contribution in [2.24, 2.45) is 5.10 Å². The standard InChI is InChI=1S/C13H9N5O2S/c19-18(20)13-6-5-9(21-13)7-15-17-12-8-14-10-3-1-2-4-11(10)16-12/h1-8H,(H,16,17)/b15-7+. The molecule has 0 aliphatic rings. The van der Waals surface area contributed by atoms with Crippen molar-refractivity contribution >= 4 is 39.4 Å². The Morgan fingerprint density at radius 3 is 2.81 bits per heavy atom. The van der Waals surface area contributed by atoms with Gasteiger partial charge in [0.25, 0.3) is 0 Å². The van der Waals surface area contributed by atoms with Crippen LogP contribution in [0.5, 0.6) is 0 Å². The molecule has 0 spiro atoms. The van der Waals surface area contributed by atoms with Crippen LogP contribution < -0.4 is 5.43 Å². The van der Waals surface area contributed by atoms with Gasteiger partial charge in [0.1, 0.15) is 0 Å². The Morgan fingerprint density at radius 1 is 1.24 bits per heavy atom. The molecule has 0 atom stereocenters. The second-order valence-electron chi connectivity index (χ2n) is 4.05. The molecule has 1 N–H and O–H groups in total. The quantitative estimate of drug-likeness (QED) is 0.454. The molecule has 0 amide bonds. The average Bonchev–Trinajstić information content (AvgIpc) is 2.96. The minimum atomic E-state index is -0.426. The Balaban J connectivity index is 1.73. The highest BCUT2D eigenvalue weighted by Crippen LogP contribution is 2.22. The molecule has 0 radical (unpaired) electrons. The number of benzene rings is 1. The molecule has 0 aliphatic carbocycles. The molecule has 3 aromatic rings. The van der Waals surface area contributed by atoms with Crippen LogP contribution in [0.3, 0.4) is 0 Å². The first-order chi connectivity index (χ1) is 10.2. The molecule has 0 aliphatic heterocycles. The van der Waals surface area contributed by atoms with E-state index < -0.39 is 4.92 Å². The zero-order valence-electron chi connectivity index (χ0n) is 10.6. The molecule has 0 bridgehead atoms. The minimum Gasteiger partial charge on any atom is -0.260 e. The van der Waals surface area contributed by atoms with E-state index in [2.05, 4.69) is 20.5 Å². The zero-order valence-corrected chi connectivity index (χ0v) is 11.4. The normalized spacial score (nSPS) is 11.0. The van der Waals surface area contributed by atoms with Gasteiger partial charge in [0.2, 0.25) is 0 Å². The van der Waals surface area contributed by atoms with Gasteiger partial charge < -0.3 is 0 Å². The Bertz CT molecular complexity index is 830. The first-order valence-corrected chi connectivity index (χ1v) is 6.79. The number of thiophene rings is 1. The van der Waals surface area contributed by atoms with Gasteiger partial charge in [-0.15, -0.1) is 0 Å². The molecule has 3 rings (SSSR count). The van der Waals surface area contributed by atoms with Gasteiger partial charge in [0.15, 0.2) is 5.82 Å². The third-order valence-electron chi connectivity index (χ3n) is 2.61. The van der Waals surface area contributed by atoms with Gasteiger partial charge in [-0.3, -0.25) is 20.5 Å². The number of hydrazone groups is 1. The van der Waals surface area contributed by atoms with E-state index in [0.29, 0.717) is 10.7 Å². The Kier molecular flexibility index (Phi) is 3.52. The lowest BCUT2D eigenvalue weighted by Gasteiger charge is -2.00. The van der Waals surface area contributed by atoms with Crippen LogP contribution in [0.15, 0.2) is 47.7 Å². The molecule has 0 saturated heterocycles. The first kappa shape index (κ1) is 13.1. The van der Waals surface area contributed by atoms with E-state index in [9.17, 15) is 10.1 Å². The largest absolute Gasteiger partial charge is 0.324 e. The lowest BCUT2D eigenvalue weighted by Crippen LogP contribution is -1.94. The van der Waals surface area contributed by atoms with E-state index in [-0.39, 0.29) is 5.00 Å². The summed E-state index contributed by atoms with van der Waals surface area (Å²) in [5.41, 5.74) is 4.33. The molecule has 2 aromatic heterocycles. The molecule has 0 unspecified atom stereocenters. The summed E-state index contributed by atoms with van der Waals surface area (Å²) in [6, 6.07) is 10.6. The first-order valence-electron chi connectivity index (χ1n) is 5.97. The fraction of sp³-hybridized carbons (Fsp3) is 0. The van der Waals surface area contributed by atoms with Crippen molar-refractivity contribution in [2.45, 2.75) is 0 Å². The van der Waals surface area contributed by atoms with Crippen molar-refractivity contribution in [1.29, 1.82) is 0 Å². The number of nitrogens with one attached hydrogen (secondary N) is 1. The van der Waals surface area contributed by atoms with Gasteiger partial charge in [0, 0.05) is 6.07 Å². The van der Waals surface area contributed by atoms with Gasteiger partial charge in [-0.1, -0.05) is 23.5 Å². The van der Waals surface area contributed by atoms with Gasteiger partial charge in [0.05, 0.1) is 33.2 Å². The number of para-hydroxylation sites is 2. The lowest BCUT2D eigenvalue weighted by atomic mass is 10.3. The number of fused-ring (bicyclic) bond motifs is 1. The Hall–Kier alpha value is -2.87. The summed E-state index contributed by atoms with van der Waals surface area (Å²) in [5, 5.41) is 14.7. The van der Waals surface area contributed by atoms with Gasteiger partial charge >= 0.3 is 5.00 Å². The number of hydrogen-bond donors (Lipinski definition) is 1. The van der Waals surface area contributed by atoms with Crippen LogP contribution in [-0.2, 0) is 0 Å². The van der Waals surface area contributed by atoms with Crippen LogP contribution in [-0.4, -0.2) is 21.1 Å². The summed E-state index contributed by atoms with van der Waals surface area (Å²) in [6.45, 7) is 0. The number of anilines is 1. The van der Waals surface area contributed by atoms with Crippen LogP contribution in [0.4, 0.5) is 10.8 Å². The molecule has 104 valence electrons. The summed E-state index contributed by atoms with van der Waals surface area (Å²) >= 11 is 1.05. The highest BCUT2D eigenvalue weighted by molar-refractivity contribution is 7.16. The zero-order chi connectivity index (χ0) is 14.7. The monoisotopic (exact) mass is 299 g/mol. The summed E-state index contributed by atoms with van der Waals surface area (Å²) < 4.78 is 0. The van der Waals surface area contributed by atoms with Gasteiger partial charge in [-0.25, -0.2) is 4.98 Å². The summed E-state index contributed by atoms with van der Waals surface area (Å²) in [5.74, 6) is 0.510. The minimum absolute atomic E-state index is 0.0851. The fourth-order valence-electron chi connectivity index (χ4n) is 1.68. The van der Waals surface area contributed by atoms with E-state index in [1.807, 2.05) is 24.3 Å². The highest BCUT2D eigenvalue weighted by Gasteiger charge is 2.07. The second kappa shape index (κ2) is 5.63. The number of hydrogen-bond acceptors (Lipinski definition) is 7. The maximum atomic E-state index is 10.6. The summed E-state index contributed by atoms with van der Waals surface area (Å²) in [6.07, 6.45) is 3.09. The van der Waals surface area contributed by atoms with Gasteiger partial charge in [-0.05, 0) is 18.2 Å². The van der Waals surface area contributed by atoms with Crippen molar-refractivity contribution in [2.75, 3.05) is 5.43 Å². The van der Waals surface area contributed by atoms with E-state index in [4.69, 9.17) is 0 Å². The predicted octanol–water partition coefficient (Wildman–Crippen LogP) is 3.05. The number of nitro groups is 1. The molecular formula is C13H9N5O2S. The SMILES string of the molecule is O=[N+]([O-])c1ccc(/C=N/Nc2cnc3ccccc3n2)s1. The third kappa shape index (κ3) is 3.00. The van der Waals surface area contributed by atoms with E-state index >= 15 is 0 Å². The van der Waals surface area contributed by atoms with Crippen LogP contribution in [0, 0.1) is 10.1 Å². The number of rotatable bonds is 4. The van der Waals surface area contributed by atoms with Crippen molar-refractivity contribution in [3.63, 3.8) is 0 Å². The molecule has 2 heterocycles. The fourth-order valence-corrected chi connectivity index (χ4v) is 2.38. The smallest absolute Gasteiger partial charge is 0.260 e. The van der Waals surface area contributed by atoms with Crippen molar-refractivity contribution < 1.29 is 4.92 Å². The molecule has 0 saturated carbocycles. The van der Waals surface area contributed by atoms with Gasteiger partial charge in [-0.2, -0.15) is 5.10 Å². The number of aromatic nitrogens is 2. The van der Waals surface area contributed by atoms with Crippen LogP contribution in [0.25, 0.3) is 11.0 Å². The highest BCUT2D eigenvalue weighted by atomic mass is 32.1. The Labute approximate surface area is 123 Å². The molecule has 0 fully saturated rings. The van der Waals surface area contributed by atoms with E-state index in [1.165, 1.54) is 12.3 Å². The van der Waals surface area contributed by atoms with E-state index in [0.717, 1.165) is 22.4 Å². The summed E-state index contributed by atoms with van der Waals surface area (Å²) in [4.78, 5) is 19.4. The molecular weight excluding hydrogens is 290 g/mol. The average molecular weight is 299 g/mol. The third-order valence-corrected chi connectivity index (χ3v) is 3.58. The maximum absolute atomic E-state index is 10.6. The van der Waals surface area contributed by atoms with Crippen LogP contribution in [0.1, 0.15) is 4.88 Å². The molecule has 1 aromatic carbocycles.